The molecule has 12 aromatic rings. The molecule has 3 heterocycles. The third kappa shape index (κ3) is 6.10. The van der Waals surface area contributed by atoms with E-state index in [-0.39, 0.29) is 0 Å². The van der Waals surface area contributed by atoms with Crippen LogP contribution in [0.15, 0.2) is 224 Å². The molecule has 0 spiro atoms. The summed E-state index contributed by atoms with van der Waals surface area (Å²) in [4.78, 5) is 15.9. The Balaban J connectivity index is 1.04. The van der Waals surface area contributed by atoms with Crippen molar-refractivity contribution >= 4 is 54.3 Å². The van der Waals surface area contributed by atoms with Crippen molar-refractivity contribution in [3.05, 3.63) is 224 Å². The molecule has 3 nitrogen and oxygen atoms in total. The van der Waals surface area contributed by atoms with E-state index >= 15 is 0 Å². The van der Waals surface area contributed by atoms with Crippen LogP contribution >= 0.6 is 0 Å². The Morgan fingerprint density at radius 2 is 0.774 bits per heavy atom. The Hall–Kier alpha value is -8.27. The van der Waals surface area contributed by atoms with Gasteiger partial charge in [-0.1, -0.05) is 182 Å². The first-order chi connectivity index (χ1) is 30.7. The molecule has 0 aliphatic heterocycles. The third-order valence-electron chi connectivity index (χ3n) is 12.2. The number of fused-ring (bicyclic) bond motifs is 7. The highest BCUT2D eigenvalue weighted by atomic mass is 14.8. The summed E-state index contributed by atoms with van der Waals surface area (Å²) in [6, 6.07) is 79.9. The molecule has 12 rings (SSSR count). The SMILES string of the molecule is c1ccc(-c2cc(-c3cccc(-c4ccc(-c5cc6ccc(-c7ccccc7)nc6c6nc(-c7ccccc7)ccc56)c5ccccc45)c3)c3c(ccc4ccccc43)n2)cc1. The van der Waals surface area contributed by atoms with E-state index in [1.165, 1.54) is 32.7 Å². The van der Waals surface area contributed by atoms with Gasteiger partial charge in [-0.05, 0) is 97.4 Å². The largest absolute Gasteiger partial charge is 0.248 e. The molecule has 3 heteroatoms. The van der Waals surface area contributed by atoms with Gasteiger partial charge in [0.1, 0.15) is 0 Å². The van der Waals surface area contributed by atoms with Gasteiger partial charge in [0, 0.05) is 32.8 Å². The second-order valence-electron chi connectivity index (χ2n) is 15.9. The summed E-state index contributed by atoms with van der Waals surface area (Å²) in [6.45, 7) is 0. The quantitative estimate of drug-likeness (QED) is 0.158. The van der Waals surface area contributed by atoms with Gasteiger partial charge in [-0.15, -0.1) is 0 Å². The molecule has 62 heavy (non-hydrogen) atoms. The van der Waals surface area contributed by atoms with E-state index in [2.05, 4.69) is 212 Å². The van der Waals surface area contributed by atoms with Crippen molar-refractivity contribution in [2.75, 3.05) is 0 Å². The normalized spacial score (nSPS) is 11.5. The van der Waals surface area contributed by atoms with Gasteiger partial charge in [0.15, 0.2) is 0 Å². The van der Waals surface area contributed by atoms with Gasteiger partial charge < -0.3 is 0 Å². The summed E-state index contributed by atoms with van der Waals surface area (Å²) in [5, 5.41) is 8.07. The molecule has 3 aromatic heterocycles. The van der Waals surface area contributed by atoms with E-state index in [9.17, 15) is 0 Å². The topological polar surface area (TPSA) is 38.7 Å². The van der Waals surface area contributed by atoms with Crippen molar-refractivity contribution in [3.8, 4) is 67.2 Å². The molecule has 288 valence electrons. The third-order valence-corrected chi connectivity index (χ3v) is 12.2. The van der Waals surface area contributed by atoms with Crippen molar-refractivity contribution in [2.45, 2.75) is 0 Å². The maximum atomic E-state index is 5.38. The van der Waals surface area contributed by atoms with Crippen molar-refractivity contribution in [1.82, 2.24) is 15.0 Å². The van der Waals surface area contributed by atoms with Crippen molar-refractivity contribution < 1.29 is 0 Å². The van der Waals surface area contributed by atoms with E-state index in [0.717, 1.165) is 88.7 Å². The molecule has 0 N–H and O–H groups in total. The van der Waals surface area contributed by atoms with Crippen LogP contribution in [-0.2, 0) is 0 Å². The molecule has 0 bridgehead atoms. The van der Waals surface area contributed by atoms with Crippen LogP contribution in [0.3, 0.4) is 0 Å². The van der Waals surface area contributed by atoms with Crippen LogP contribution in [0.25, 0.3) is 121 Å². The molecule has 0 saturated carbocycles. The lowest BCUT2D eigenvalue weighted by Gasteiger charge is -2.17. The van der Waals surface area contributed by atoms with Gasteiger partial charge in [0.25, 0.3) is 0 Å². The van der Waals surface area contributed by atoms with Crippen molar-refractivity contribution in [3.63, 3.8) is 0 Å². The van der Waals surface area contributed by atoms with Gasteiger partial charge in [-0.25, -0.2) is 15.0 Å². The van der Waals surface area contributed by atoms with Crippen LogP contribution in [0.2, 0.25) is 0 Å². The van der Waals surface area contributed by atoms with E-state index in [1.807, 2.05) is 12.1 Å². The number of rotatable bonds is 6. The zero-order valence-corrected chi connectivity index (χ0v) is 33.7. The summed E-state index contributed by atoms with van der Waals surface area (Å²) < 4.78 is 0. The van der Waals surface area contributed by atoms with E-state index in [4.69, 9.17) is 15.0 Å². The minimum atomic E-state index is 0.893. The fourth-order valence-electron chi connectivity index (χ4n) is 9.26. The Bertz CT molecular complexity index is 3670. The summed E-state index contributed by atoms with van der Waals surface area (Å²) in [7, 11) is 0. The van der Waals surface area contributed by atoms with Crippen LogP contribution in [0.5, 0.6) is 0 Å². The van der Waals surface area contributed by atoms with E-state index in [0.29, 0.717) is 0 Å². The highest BCUT2D eigenvalue weighted by molar-refractivity contribution is 6.17. The van der Waals surface area contributed by atoms with Gasteiger partial charge in [-0.2, -0.15) is 0 Å². The predicted molar refractivity (Wildman–Crippen MR) is 260 cm³/mol. The molecule has 0 radical (unpaired) electrons. The van der Waals surface area contributed by atoms with Gasteiger partial charge in [0.2, 0.25) is 0 Å². The first kappa shape index (κ1) is 35.7. The lowest BCUT2D eigenvalue weighted by molar-refractivity contribution is 1.36. The van der Waals surface area contributed by atoms with E-state index < -0.39 is 0 Å². The summed E-state index contributed by atoms with van der Waals surface area (Å²) in [5.41, 5.74) is 15.8. The Morgan fingerprint density at radius 3 is 1.48 bits per heavy atom. The average Bonchev–Trinajstić information content (AvgIpc) is 3.36. The molecule has 0 aliphatic carbocycles. The molecule has 0 fully saturated rings. The first-order valence-corrected chi connectivity index (χ1v) is 21.1. The molecular weight excluding hydrogens is 751 g/mol. The van der Waals surface area contributed by atoms with Crippen molar-refractivity contribution in [1.29, 1.82) is 0 Å². The smallest absolute Gasteiger partial charge is 0.0978 e. The number of nitrogens with zero attached hydrogens (tertiary/aromatic N) is 3. The van der Waals surface area contributed by atoms with Gasteiger partial charge >= 0.3 is 0 Å². The van der Waals surface area contributed by atoms with Crippen molar-refractivity contribution in [2.24, 2.45) is 0 Å². The maximum absolute atomic E-state index is 5.38. The molecular formula is C59H37N3. The lowest BCUT2D eigenvalue weighted by Crippen LogP contribution is -1.94. The molecule has 0 aliphatic rings. The first-order valence-electron chi connectivity index (χ1n) is 21.1. The highest BCUT2D eigenvalue weighted by Gasteiger charge is 2.18. The van der Waals surface area contributed by atoms with Gasteiger partial charge in [-0.3, -0.25) is 0 Å². The monoisotopic (exact) mass is 787 g/mol. The fourth-order valence-corrected chi connectivity index (χ4v) is 9.26. The standard InChI is InChI=1S/C59H37N3/c1-4-16-39(17-5-1)53-32-28-44-36-52(50-31-34-54(40-18-6-2-7-19-40)62-59(50)58(44)61-53)49-30-29-45(47-25-12-13-26-48(47)49)42-22-14-23-43(35-42)51-37-56(41-20-8-3-9-21-41)60-55-33-27-38-15-10-11-24-46(38)57(51)55/h1-37H. The van der Waals surface area contributed by atoms with Crippen LogP contribution in [0.1, 0.15) is 0 Å². The number of aromatic nitrogens is 3. The molecule has 9 aromatic carbocycles. The number of hydrogen-bond donors (Lipinski definition) is 0. The second-order valence-corrected chi connectivity index (χ2v) is 15.9. The Morgan fingerprint density at radius 1 is 0.242 bits per heavy atom. The lowest BCUT2D eigenvalue weighted by atomic mass is 9.88. The number of hydrogen-bond acceptors (Lipinski definition) is 3. The molecule has 0 saturated heterocycles. The van der Waals surface area contributed by atoms with Crippen LogP contribution < -0.4 is 0 Å². The number of benzene rings is 9. The molecule has 0 unspecified atom stereocenters. The Labute approximate surface area is 359 Å². The predicted octanol–water partition coefficient (Wildman–Crippen LogP) is 15.6. The van der Waals surface area contributed by atoms with Crippen LogP contribution in [0.4, 0.5) is 0 Å². The number of pyridine rings is 3. The second kappa shape index (κ2) is 14.8. The maximum Gasteiger partial charge on any atom is 0.0978 e. The Kier molecular flexibility index (Phi) is 8.50. The average molecular weight is 788 g/mol. The summed E-state index contributed by atoms with van der Waals surface area (Å²) in [6.07, 6.45) is 0. The van der Waals surface area contributed by atoms with Crippen LogP contribution in [-0.4, -0.2) is 15.0 Å². The highest BCUT2D eigenvalue weighted by Crippen LogP contribution is 2.43. The zero-order valence-electron chi connectivity index (χ0n) is 33.7. The van der Waals surface area contributed by atoms with E-state index in [1.54, 1.807) is 0 Å². The molecule has 0 amide bonds. The fraction of sp³-hybridized carbons (Fsp3) is 0. The van der Waals surface area contributed by atoms with Crippen LogP contribution in [0, 0.1) is 0 Å². The van der Waals surface area contributed by atoms with Gasteiger partial charge in [0.05, 0.1) is 33.6 Å². The minimum Gasteiger partial charge on any atom is -0.248 e. The summed E-state index contributed by atoms with van der Waals surface area (Å²) in [5.74, 6) is 0. The minimum absolute atomic E-state index is 0.893. The zero-order chi connectivity index (χ0) is 41.0. The summed E-state index contributed by atoms with van der Waals surface area (Å²) >= 11 is 0. The molecule has 0 atom stereocenters.